The summed E-state index contributed by atoms with van der Waals surface area (Å²) < 4.78 is 0. The van der Waals surface area contributed by atoms with E-state index in [1.54, 1.807) is 0 Å². The van der Waals surface area contributed by atoms with Gasteiger partial charge in [0, 0.05) is 0 Å². The first-order valence-corrected chi connectivity index (χ1v) is 4.44. The molecule has 0 aliphatic carbocycles. The number of rotatable bonds is 6. The average molecular weight is 341 g/mol. The van der Waals surface area contributed by atoms with Crippen LogP contribution in [0.1, 0.15) is 12.8 Å². The van der Waals surface area contributed by atoms with E-state index in [4.69, 9.17) is 21.7 Å². The molecule has 0 aromatic carbocycles. The average Bonchev–Trinajstić information content (AvgIpc) is 2.16. The van der Waals surface area contributed by atoms with Crippen LogP contribution in [0.3, 0.4) is 0 Å². The van der Waals surface area contributed by atoms with Gasteiger partial charge in [-0.05, 0) is 0 Å². The van der Waals surface area contributed by atoms with E-state index in [0.717, 1.165) is 0 Å². The first-order valence-electron chi connectivity index (χ1n) is 4.44. The first-order chi connectivity index (χ1) is 8.07. The third-order valence-electron chi connectivity index (χ3n) is 1.39. The molecule has 0 radical (unpaired) electrons. The van der Waals surface area contributed by atoms with Crippen LogP contribution >= 0.6 is 12.4 Å². The monoisotopic (exact) mass is 340 g/mol. The van der Waals surface area contributed by atoms with Crippen molar-refractivity contribution in [3.05, 3.63) is 0 Å². The summed E-state index contributed by atoms with van der Waals surface area (Å²) in [5, 5.41) is 35.4. The molecule has 0 aliphatic heterocycles. The molecule has 0 unspecified atom stereocenters. The van der Waals surface area contributed by atoms with E-state index in [9.17, 15) is 29.4 Å². The number of carboxylic acids is 4. The predicted octanol–water partition coefficient (Wildman–Crippen LogP) is -4.88. The Morgan fingerprint density at radius 3 is 1.10 bits per heavy atom. The zero-order valence-corrected chi connectivity index (χ0v) is 13.2. The Morgan fingerprint density at radius 1 is 0.850 bits per heavy atom. The van der Waals surface area contributed by atoms with E-state index in [1.807, 2.05) is 0 Å². The van der Waals surface area contributed by atoms with Crippen LogP contribution in [0.4, 0.5) is 0 Å². The van der Waals surface area contributed by atoms with Crippen molar-refractivity contribution in [3.63, 3.8) is 0 Å². The summed E-state index contributed by atoms with van der Waals surface area (Å²) in [7, 11) is 0. The Morgan fingerprint density at radius 2 is 1.05 bits per heavy atom. The third kappa shape index (κ3) is 19.7. The molecule has 10 nitrogen and oxygen atoms in total. The third-order valence-corrected chi connectivity index (χ3v) is 1.39. The van der Waals surface area contributed by atoms with Gasteiger partial charge in [-0.3, -0.25) is 9.59 Å². The fourth-order valence-corrected chi connectivity index (χ4v) is 0.543. The number of aliphatic carboxylic acids is 4. The molecule has 2 atom stereocenters. The first kappa shape index (κ1) is 27.7. The maximum atomic E-state index is 9.74. The van der Waals surface area contributed by atoms with Crippen molar-refractivity contribution < 1.29 is 39.6 Å². The summed E-state index contributed by atoms with van der Waals surface area (Å²) in [4.78, 5) is 39.0. The molecule has 0 spiro atoms. The molecule has 0 saturated carbocycles. The molecule has 0 aliphatic rings. The molecule has 0 aromatic rings. The van der Waals surface area contributed by atoms with Crippen LogP contribution in [-0.4, -0.2) is 83.9 Å². The van der Waals surface area contributed by atoms with Crippen molar-refractivity contribution in [1.29, 1.82) is 0 Å². The van der Waals surface area contributed by atoms with Gasteiger partial charge in [0.05, 0.1) is 36.9 Å². The minimum Gasteiger partial charge on any atom is -0.548 e. The van der Waals surface area contributed by atoms with Gasteiger partial charge >= 0.3 is 49.7 Å². The van der Waals surface area contributed by atoms with Crippen LogP contribution < -0.4 is 21.7 Å². The molecule has 20 heavy (non-hydrogen) atoms. The van der Waals surface area contributed by atoms with Crippen molar-refractivity contribution in [1.82, 2.24) is 0 Å². The van der Waals surface area contributed by atoms with Gasteiger partial charge < -0.3 is 41.5 Å². The van der Waals surface area contributed by atoms with Gasteiger partial charge in [0.2, 0.25) is 0 Å². The summed E-state index contributed by atoms with van der Waals surface area (Å²) in [5.74, 6) is -5.58. The van der Waals surface area contributed by atoms with Gasteiger partial charge in [-0.15, -0.1) is 12.4 Å². The topological polar surface area (TPSA) is 207 Å². The predicted molar refractivity (Wildman–Crippen MR) is 63.5 cm³/mol. The molecule has 0 heterocycles. The Hall–Kier alpha value is -0.650. The molecule has 12 heteroatoms. The minimum atomic E-state index is -1.54. The van der Waals surface area contributed by atoms with E-state index in [-0.39, 0.29) is 50.1 Å². The van der Waals surface area contributed by atoms with Crippen molar-refractivity contribution in [2.75, 3.05) is 0 Å². The molecule has 0 aromatic heterocycles. The minimum absolute atomic E-state index is 0. The Bertz CT molecular complexity index is 308. The van der Waals surface area contributed by atoms with E-state index in [2.05, 4.69) is 0 Å². The normalized spacial score (nSPS) is 11.3. The van der Waals surface area contributed by atoms with Gasteiger partial charge in [-0.2, -0.15) is 0 Å². The van der Waals surface area contributed by atoms with Crippen molar-refractivity contribution in [2.24, 2.45) is 11.5 Å². The fraction of sp³-hybridized carbons (Fsp3) is 0.500. The Kier molecular flexibility index (Phi) is 20.4. The summed E-state index contributed by atoms with van der Waals surface area (Å²) >= 11 is 0. The number of hydrogen-bond donors (Lipinski definition) is 4. The van der Waals surface area contributed by atoms with Gasteiger partial charge in [0.25, 0.3) is 0 Å². The molecule has 0 amide bonds. The summed E-state index contributed by atoms with van der Waals surface area (Å²) in [6.45, 7) is 0. The molecular formula is C8H13CaClN2O8. The van der Waals surface area contributed by atoms with Crippen molar-refractivity contribution >= 4 is 74.0 Å². The maximum absolute atomic E-state index is 9.74. The van der Waals surface area contributed by atoms with Gasteiger partial charge in [0.15, 0.2) is 0 Å². The molecule has 0 fully saturated rings. The maximum Gasteiger partial charge on any atom is 2.00 e. The molecule has 0 rings (SSSR count). The van der Waals surface area contributed by atoms with Crippen LogP contribution in [-0.2, 0) is 19.2 Å². The van der Waals surface area contributed by atoms with Gasteiger partial charge in [-0.1, -0.05) is 0 Å². The van der Waals surface area contributed by atoms with Crippen LogP contribution in [0.15, 0.2) is 0 Å². The van der Waals surface area contributed by atoms with Crippen molar-refractivity contribution in [2.45, 2.75) is 24.9 Å². The molecule has 0 bridgehead atoms. The Labute approximate surface area is 149 Å². The van der Waals surface area contributed by atoms with E-state index < -0.39 is 48.8 Å². The number of carbonyl (C=O) groups excluding carboxylic acids is 2. The zero-order valence-electron chi connectivity index (χ0n) is 10.2. The molecular weight excluding hydrogens is 328 g/mol. The number of nitrogens with two attached hydrogens (primary N) is 2. The molecule has 0 saturated heterocycles. The standard InChI is InChI=1S/2C4H7NO4.Ca.ClH/c2*5-2(4(8)9)1-3(6)7;;/h2*2H,1,5H2,(H,6,7)(H,8,9);;1H/q;;+2;/p-2/t2*2-;;/m00../s1. The van der Waals surface area contributed by atoms with Crippen molar-refractivity contribution in [3.8, 4) is 0 Å². The second-order valence-corrected chi connectivity index (χ2v) is 3.05. The SMILES string of the molecule is Cl.N[C@@H](CC(=O)O)C(=O)[O-].N[C@@H](CC(=O)O)C(=O)[O-].[Ca+2]. The second kappa shape index (κ2) is 14.8. The Balaban J connectivity index is -0.000000116. The number of hydrogen-bond acceptors (Lipinski definition) is 8. The largest absolute Gasteiger partial charge is 2.00 e. The van der Waals surface area contributed by atoms with Gasteiger partial charge in [-0.25, -0.2) is 0 Å². The van der Waals surface area contributed by atoms with Crippen LogP contribution in [0.5, 0.6) is 0 Å². The number of carboxylic acid groups (broad SMARTS) is 4. The van der Waals surface area contributed by atoms with Crippen LogP contribution in [0.2, 0.25) is 0 Å². The quantitative estimate of drug-likeness (QED) is 0.339. The number of carbonyl (C=O) groups is 4. The summed E-state index contributed by atoms with van der Waals surface area (Å²) in [5.41, 5.74) is 9.55. The van der Waals surface area contributed by atoms with E-state index >= 15 is 0 Å². The van der Waals surface area contributed by atoms with Gasteiger partial charge in [0.1, 0.15) is 0 Å². The second-order valence-electron chi connectivity index (χ2n) is 3.05. The zero-order chi connectivity index (χ0) is 14.9. The van der Waals surface area contributed by atoms with Crippen LogP contribution in [0, 0.1) is 0 Å². The number of halogens is 1. The molecule has 6 N–H and O–H groups in total. The fourth-order valence-electron chi connectivity index (χ4n) is 0.543. The van der Waals surface area contributed by atoms with Crippen LogP contribution in [0.25, 0.3) is 0 Å². The summed E-state index contributed by atoms with van der Waals surface area (Å²) in [6, 6.07) is -2.80. The van der Waals surface area contributed by atoms with E-state index in [1.165, 1.54) is 0 Å². The summed E-state index contributed by atoms with van der Waals surface area (Å²) in [6.07, 6.45) is -1.19. The van der Waals surface area contributed by atoms with E-state index in [0.29, 0.717) is 0 Å². The molecule has 112 valence electrons. The smallest absolute Gasteiger partial charge is 0.548 e.